The van der Waals surface area contributed by atoms with Crippen molar-refractivity contribution < 1.29 is 5.11 Å². The molecule has 0 heterocycles. The summed E-state index contributed by atoms with van der Waals surface area (Å²) in [7, 11) is 1.88. The monoisotopic (exact) mass is 183 g/mol. The minimum Gasteiger partial charge on any atom is -0.374 e. The second kappa shape index (κ2) is 4.47. The van der Waals surface area contributed by atoms with E-state index in [2.05, 4.69) is 27.4 Å². The molecule has 1 N–H and O–H groups in total. The topological polar surface area (TPSA) is 23.5 Å². The standard InChI is InChI=1S/C11H21NO/c1-7-8-10(11(3,4)5)12(6)9(2)13/h7-9,13H,1H2,2-6H3/b10-8-. The van der Waals surface area contributed by atoms with Crippen molar-refractivity contribution in [2.24, 2.45) is 5.41 Å². The van der Waals surface area contributed by atoms with Crippen molar-refractivity contribution in [3.05, 3.63) is 24.4 Å². The van der Waals surface area contributed by atoms with Gasteiger partial charge in [-0.15, -0.1) is 0 Å². The number of aliphatic hydroxyl groups is 1. The molecule has 0 spiro atoms. The van der Waals surface area contributed by atoms with Gasteiger partial charge in [-0.05, 0) is 13.0 Å². The molecule has 0 aromatic rings. The first-order valence-electron chi connectivity index (χ1n) is 4.54. The number of hydrogen-bond donors (Lipinski definition) is 1. The largest absolute Gasteiger partial charge is 0.374 e. The van der Waals surface area contributed by atoms with E-state index in [1.165, 1.54) is 0 Å². The highest BCUT2D eigenvalue weighted by Crippen LogP contribution is 2.28. The average Bonchev–Trinajstić information content (AvgIpc) is 1.96. The zero-order chi connectivity index (χ0) is 10.6. The van der Waals surface area contributed by atoms with Crippen LogP contribution in [0.3, 0.4) is 0 Å². The first-order valence-corrected chi connectivity index (χ1v) is 4.54. The van der Waals surface area contributed by atoms with Crippen LogP contribution in [0, 0.1) is 5.41 Å². The Labute approximate surface area is 81.6 Å². The SMILES string of the molecule is C=C/C=C(\N(C)C(C)O)C(C)(C)C. The van der Waals surface area contributed by atoms with E-state index in [4.69, 9.17) is 0 Å². The Bertz CT molecular complexity index is 199. The summed E-state index contributed by atoms with van der Waals surface area (Å²) in [5.74, 6) is 0. The predicted molar refractivity (Wildman–Crippen MR) is 57.2 cm³/mol. The van der Waals surface area contributed by atoms with E-state index in [1.54, 1.807) is 13.0 Å². The molecule has 2 heteroatoms. The van der Waals surface area contributed by atoms with Gasteiger partial charge in [0.05, 0.1) is 0 Å². The Balaban J connectivity index is 4.83. The zero-order valence-corrected chi connectivity index (χ0v) is 9.33. The van der Waals surface area contributed by atoms with E-state index in [0.717, 1.165) is 5.70 Å². The molecule has 0 aliphatic carbocycles. The number of rotatable bonds is 3. The van der Waals surface area contributed by atoms with Crippen LogP contribution in [0.15, 0.2) is 24.4 Å². The molecule has 0 aromatic heterocycles. The maximum absolute atomic E-state index is 9.43. The maximum Gasteiger partial charge on any atom is 0.123 e. The van der Waals surface area contributed by atoms with E-state index < -0.39 is 6.23 Å². The van der Waals surface area contributed by atoms with Crippen molar-refractivity contribution in [3.63, 3.8) is 0 Å². The highest BCUT2D eigenvalue weighted by Gasteiger charge is 2.21. The molecule has 0 radical (unpaired) electrons. The van der Waals surface area contributed by atoms with Crippen LogP contribution < -0.4 is 0 Å². The van der Waals surface area contributed by atoms with Crippen LogP contribution in [-0.4, -0.2) is 23.3 Å². The number of allylic oxidation sites excluding steroid dienone is 3. The lowest BCUT2D eigenvalue weighted by molar-refractivity contribution is 0.0488. The van der Waals surface area contributed by atoms with Crippen molar-refractivity contribution >= 4 is 0 Å². The molecule has 1 unspecified atom stereocenters. The Morgan fingerprint density at radius 1 is 1.46 bits per heavy atom. The summed E-state index contributed by atoms with van der Waals surface area (Å²) in [4.78, 5) is 1.85. The summed E-state index contributed by atoms with van der Waals surface area (Å²) in [6.07, 6.45) is 3.22. The third-order valence-electron chi connectivity index (χ3n) is 1.98. The van der Waals surface area contributed by atoms with Crippen LogP contribution in [-0.2, 0) is 0 Å². The maximum atomic E-state index is 9.43. The summed E-state index contributed by atoms with van der Waals surface area (Å²) >= 11 is 0. The second-order valence-corrected chi connectivity index (χ2v) is 4.28. The van der Waals surface area contributed by atoms with Crippen molar-refractivity contribution in [1.29, 1.82) is 0 Å². The van der Waals surface area contributed by atoms with Crippen molar-refractivity contribution in [2.75, 3.05) is 7.05 Å². The van der Waals surface area contributed by atoms with Crippen LogP contribution in [0.2, 0.25) is 0 Å². The summed E-state index contributed by atoms with van der Waals surface area (Å²) in [5.41, 5.74) is 1.11. The van der Waals surface area contributed by atoms with Gasteiger partial charge in [-0.3, -0.25) is 0 Å². The quantitative estimate of drug-likeness (QED) is 0.536. The van der Waals surface area contributed by atoms with E-state index in [9.17, 15) is 5.11 Å². The van der Waals surface area contributed by atoms with Gasteiger partial charge in [-0.1, -0.05) is 33.4 Å². The van der Waals surface area contributed by atoms with Crippen LogP contribution in [0.4, 0.5) is 0 Å². The molecular weight excluding hydrogens is 162 g/mol. The summed E-state index contributed by atoms with van der Waals surface area (Å²) in [5, 5.41) is 9.43. The molecule has 0 saturated carbocycles. The first kappa shape index (κ1) is 12.2. The van der Waals surface area contributed by atoms with E-state index >= 15 is 0 Å². The van der Waals surface area contributed by atoms with Gasteiger partial charge >= 0.3 is 0 Å². The second-order valence-electron chi connectivity index (χ2n) is 4.28. The normalized spacial score (nSPS) is 15.4. The molecule has 0 aliphatic rings. The fourth-order valence-electron chi connectivity index (χ4n) is 1.21. The van der Waals surface area contributed by atoms with Gasteiger partial charge in [0.2, 0.25) is 0 Å². The third kappa shape index (κ3) is 3.64. The van der Waals surface area contributed by atoms with E-state index in [-0.39, 0.29) is 5.41 Å². The molecule has 0 aliphatic heterocycles. The lowest BCUT2D eigenvalue weighted by Crippen LogP contribution is -2.33. The van der Waals surface area contributed by atoms with Crippen LogP contribution in [0.1, 0.15) is 27.7 Å². The molecule has 0 amide bonds. The number of aliphatic hydroxyl groups excluding tert-OH is 1. The van der Waals surface area contributed by atoms with E-state index in [0.29, 0.717) is 0 Å². The molecule has 13 heavy (non-hydrogen) atoms. The number of nitrogens with zero attached hydrogens (tertiary/aromatic N) is 1. The molecule has 0 rings (SSSR count). The lowest BCUT2D eigenvalue weighted by atomic mass is 9.90. The Morgan fingerprint density at radius 3 is 2.15 bits per heavy atom. The smallest absolute Gasteiger partial charge is 0.123 e. The summed E-state index contributed by atoms with van der Waals surface area (Å²) in [6.45, 7) is 11.8. The number of hydrogen-bond acceptors (Lipinski definition) is 2. The van der Waals surface area contributed by atoms with E-state index in [1.807, 2.05) is 18.0 Å². The minimum absolute atomic E-state index is 0.0277. The Hall–Kier alpha value is -0.760. The summed E-state index contributed by atoms with van der Waals surface area (Å²) < 4.78 is 0. The van der Waals surface area contributed by atoms with Gasteiger partial charge in [-0.25, -0.2) is 0 Å². The highest BCUT2D eigenvalue weighted by atomic mass is 16.3. The van der Waals surface area contributed by atoms with Gasteiger partial charge in [0.1, 0.15) is 6.23 Å². The van der Waals surface area contributed by atoms with Gasteiger partial charge in [-0.2, -0.15) is 0 Å². The minimum atomic E-state index is -0.467. The summed E-state index contributed by atoms with van der Waals surface area (Å²) in [6, 6.07) is 0. The first-order chi connectivity index (χ1) is 5.80. The van der Waals surface area contributed by atoms with Crippen molar-refractivity contribution in [2.45, 2.75) is 33.9 Å². The molecule has 1 atom stereocenters. The predicted octanol–water partition coefficient (Wildman–Crippen LogP) is 2.37. The van der Waals surface area contributed by atoms with Gasteiger partial charge < -0.3 is 10.0 Å². The van der Waals surface area contributed by atoms with Gasteiger partial charge in [0, 0.05) is 18.2 Å². The molecule has 76 valence electrons. The van der Waals surface area contributed by atoms with Crippen molar-refractivity contribution in [3.8, 4) is 0 Å². The van der Waals surface area contributed by atoms with Crippen LogP contribution in [0.25, 0.3) is 0 Å². The van der Waals surface area contributed by atoms with Gasteiger partial charge in [0.25, 0.3) is 0 Å². The third-order valence-corrected chi connectivity index (χ3v) is 1.98. The average molecular weight is 183 g/mol. The van der Waals surface area contributed by atoms with Crippen molar-refractivity contribution in [1.82, 2.24) is 4.90 Å². The fourth-order valence-corrected chi connectivity index (χ4v) is 1.21. The fraction of sp³-hybridized carbons (Fsp3) is 0.636. The molecular formula is C11H21NO. The molecule has 0 saturated heterocycles. The molecule has 2 nitrogen and oxygen atoms in total. The molecule has 0 aromatic carbocycles. The molecule has 0 fully saturated rings. The molecule has 0 bridgehead atoms. The zero-order valence-electron chi connectivity index (χ0n) is 9.33. The highest BCUT2D eigenvalue weighted by molar-refractivity contribution is 5.15. The lowest BCUT2D eigenvalue weighted by Gasteiger charge is -2.34. The van der Waals surface area contributed by atoms with Crippen LogP contribution in [0.5, 0.6) is 0 Å². The Morgan fingerprint density at radius 2 is 1.92 bits per heavy atom. The Kier molecular flexibility index (Phi) is 4.21. The van der Waals surface area contributed by atoms with Crippen LogP contribution >= 0.6 is 0 Å². The van der Waals surface area contributed by atoms with Gasteiger partial charge in [0.15, 0.2) is 0 Å².